The van der Waals surface area contributed by atoms with Gasteiger partial charge in [-0.2, -0.15) is 0 Å². The first-order valence-electron chi connectivity index (χ1n) is 5.25. The molecule has 0 aliphatic carbocycles. The molecular weight excluding hydrogens is 242 g/mol. The molecule has 1 aromatic rings. The van der Waals surface area contributed by atoms with Crippen LogP contribution in [0, 0.1) is 16.0 Å². The zero-order chi connectivity index (χ0) is 13.2. The number of nitro benzene ring substituents is 1. The largest absolute Gasteiger partial charge is 0.280 e. The van der Waals surface area contributed by atoms with E-state index in [2.05, 4.69) is 0 Å². The lowest BCUT2D eigenvalue weighted by Gasteiger charge is -2.29. The van der Waals surface area contributed by atoms with Gasteiger partial charge in [0.2, 0.25) is 5.24 Å². The standard InChI is InChI=1S/C12H14ClNO3/c1-8(2)12(3,11(13)15)9-6-4-5-7-10(9)14(16)17/h4-8H,1-3H3. The first kappa shape index (κ1) is 13.6. The number of halogens is 1. The van der Waals surface area contributed by atoms with Gasteiger partial charge in [0.15, 0.2) is 0 Å². The lowest BCUT2D eigenvalue weighted by atomic mass is 9.74. The minimum Gasteiger partial charge on any atom is -0.280 e. The molecule has 0 fully saturated rings. The van der Waals surface area contributed by atoms with Gasteiger partial charge in [0.05, 0.1) is 10.3 Å². The Balaban J connectivity index is 3.49. The van der Waals surface area contributed by atoms with E-state index in [1.807, 2.05) is 13.8 Å². The second kappa shape index (κ2) is 4.84. The highest BCUT2D eigenvalue weighted by molar-refractivity contribution is 6.65. The van der Waals surface area contributed by atoms with Gasteiger partial charge in [0.25, 0.3) is 5.69 Å². The number of carbonyl (C=O) groups excluding carboxylic acids is 1. The van der Waals surface area contributed by atoms with Gasteiger partial charge < -0.3 is 0 Å². The first-order valence-corrected chi connectivity index (χ1v) is 5.63. The van der Waals surface area contributed by atoms with Crippen LogP contribution in [0.15, 0.2) is 24.3 Å². The molecule has 1 unspecified atom stereocenters. The van der Waals surface area contributed by atoms with Gasteiger partial charge in [-0.25, -0.2) is 0 Å². The van der Waals surface area contributed by atoms with E-state index in [0.29, 0.717) is 5.56 Å². The summed E-state index contributed by atoms with van der Waals surface area (Å²) in [5.41, 5.74) is -0.761. The normalized spacial score (nSPS) is 14.4. The summed E-state index contributed by atoms with van der Waals surface area (Å²) >= 11 is 5.63. The summed E-state index contributed by atoms with van der Waals surface area (Å²) in [5.74, 6) is -0.131. The number of nitrogens with zero attached hydrogens (tertiary/aromatic N) is 1. The fourth-order valence-corrected chi connectivity index (χ4v) is 2.04. The van der Waals surface area contributed by atoms with Gasteiger partial charge in [-0.15, -0.1) is 0 Å². The van der Waals surface area contributed by atoms with Crippen molar-refractivity contribution in [1.29, 1.82) is 0 Å². The van der Waals surface area contributed by atoms with Gasteiger partial charge in [-0.3, -0.25) is 14.9 Å². The number of hydrogen-bond donors (Lipinski definition) is 0. The molecule has 0 N–H and O–H groups in total. The Bertz CT molecular complexity index is 459. The van der Waals surface area contributed by atoms with E-state index in [1.165, 1.54) is 6.07 Å². The molecule has 17 heavy (non-hydrogen) atoms. The van der Waals surface area contributed by atoms with Crippen molar-refractivity contribution < 1.29 is 9.72 Å². The molecule has 4 nitrogen and oxygen atoms in total. The minimum atomic E-state index is -1.05. The molecule has 1 rings (SSSR count). The highest BCUT2D eigenvalue weighted by atomic mass is 35.5. The van der Waals surface area contributed by atoms with Crippen LogP contribution in [0.5, 0.6) is 0 Å². The zero-order valence-electron chi connectivity index (χ0n) is 9.94. The third kappa shape index (κ3) is 2.31. The van der Waals surface area contributed by atoms with E-state index >= 15 is 0 Å². The van der Waals surface area contributed by atoms with Crippen LogP contribution in [0.1, 0.15) is 26.3 Å². The molecule has 0 aromatic heterocycles. The van der Waals surface area contributed by atoms with Gasteiger partial charge in [0, 0.05) is 11.6 Å². The molecule has 0 saturated heterocycles. The Morgan fingerprint density at radius 3 is 2.35 bits per heavy atom. The van der Waals surface area contributed by atoms with E-state index in [9.17, 15) is 14.9 Å². The molecule has 0 heterocycles. The number of benzene rings is 1. The molecule has 1 atom stereocenters. The van der Waals surface area contributed by atoms with Gasteiger partial charge in [0.1, 0.15) is 0 Å². The number of nitro groups is 1. The lowest BCUT2D eigenvalue weighted by Crippen LogP contribution is -2.35. The van der Waals surface area contributed by atoms with Crippen LogP contribution < -0.4 is 0 Å². The smallest absolute Gasteiger partial charge is 0.273 e. The van der Waals surface area contributed by atoms with E-state index in [4.69, 9.17) is 11.6 Å². The Morgan fingerprint density at radius 2 is 1.94 bits per heavy atom. The summed E-state index contributed by atoms with van der Waals surface area (Å²) in [4.78, 5) is 22.1. The van der Waals surface area contributed by atoms with E-state index in [0.717, 1.165) is 0 Å². The average Bonchev–Trinajstić information content (AvgIpc) is 2.27. The van der Waals surface area contributed by atoms with E-state index < -0.39 is 15.6 Å². The zero-order valence-corrected chi connectivity index (χ0v) is 10.7. The molecule has 0 aliphatic rings. The Labute approximate surface area is 105 Å². The summed E-state index contributed by atoms with van der Waals surface area (Å²) < 4.78 is 0. The minimum absolute atomic E-state index is 0.0716. The number of hydrogen-bond acceptors (Lipinski definition) is 3. The summed E-state index contributed by atoms with van der Waals surface area (Å²) in [6.45, 7) is 5.27. The van der Waals surface area contributed by atoms with Gasteiger partial charge in [-0.05, 0) is 24.4 Å². The van der Waals surface area contributed by atoms with Crippen LogP contribution in [0.2, 0.25) is 0 Å². The first-order chi connectivity index (χ1) is 7.81. The summed E-state index contributed by atoms with van der Waals surface area (Å²) in [7, 11) is 0. The molecule has 92 valence electrons. The summed E-state index contributed by atoms with van der Waals surface area (Å²) in [6, 6.07) is 6.21. The van der Waals surface area contributed by atoms with Crippen LogP contribution in [-0.2, 0) is 10.2 Å². The van der Waals surface area contributed by atoms with Crippen LogP contribution in [0.25, 0.3) is 0 Å². The Hall–Kier alpha value is -1.42. The van der Waals surface area contributed by atoms with Crippen molar-refractivity contribution in [2.24, 2.45) is 5.92 Å². The lowest BCUT2D eigenvalue weighted by molar-refractivity contribution is -0.386. The molecule has 5 heteroatoms. The van der Waals surface area contributed by atoms with E-state index in [1.54, 1.807) is 25.1 Å². The highest BCUT2D eigenvalue weighted by Crippen LogP contribution is 2.39. The average molecular weight is 256 g/mol. The van der Waals surface area contributed by atoms with Crippen molar-refractivity contribution in [1.82, 2.24) is 0 Å². The molecular formula is C12H14ClNO3. The molecule has 1 aromatic carbocycles. The molecule has 0 spiro atoms. The maximum absolute atomic E-state index is 11.6. The molecule has 0 bridgehead atoms. The van der Waals surface area contributed by atoms with Crippen molar-refractivity contribution in [2.75, 3.05) is 0 Å². The third-order valence-corrected chi connectivity index (χ3v) is 3.62. The van der Waals surface area contributed by atoms with E-state index in [-0.39, 0.29) is 11.6 Å². The second-order valence-corrected chi connectivity index (χ2v) is 4.75. The molecule has 0 amide bonds. The Morgan fingerprint density at radius 1 is 1.41 bits per heavy atom. The predicted octanol–water partition coefficient (Wildman–Crippen LogP) is 3.27. The van der Waals surface area contributed by atoms with Crippen molar-refractivity contribution in [3.63, 3.8) is 0 Å². The van der Waals surface area contributed by atoms with Gasteiger partial charge in [-0.1, -0.05) is 32.0 Å². The summed E-state index contributed by atoms with van der Waals surface area (Å²) in [6.07, 6.45) is 0. The quantitative estimate of drug-likeness (QED) is 0.471. The van der Waals surface area contributed by atoms with Crippen molar-refractivity contribution in [3.8, 4) is 0 Å². The fraction of sp³-hybridized carbons (Fsp3) is 0.417. The molecule has 0 radical (unpaired) electrons. The van der Waals surface area contributed by atoms with Crippen molar-refractivity contribution in [3.05, 3.63) is 39.9 Å². The van der Waals surface area contributed by atoms with Crippen molar-refractivity contribution >= 4 is 22.5 Å². The van der Waals surface area contributed by atoms with Crippen LogP contribution >= 0.6 is 11.6 Å². The van der Waals surface area contributed by atoms with Crippen LogP contribution in [0.3, 0.4) is 0 Å². The van der Waals surface area contributed by atoms with Crippen molar-refractivity contribution in [2.45, 2.75) is 26.2 Å². The third-order valence-electron chi connectivity index (χ3n) is 3.22. The van der Waals surface area contributed by atoms with Crippen LogP contribution in [0.4, 0.5) is 5.69 Å². The topological polar surface area (TPSA) is 60.2 Å². The maximum Gasteiger partial charge on any atom is 0.273 e. The fourth-order valence-electron chi connectivity index (χ4n) is 1.72. The monoisotopic (exact) mass is 255 g/mol. The summed E-state index contributed by atoms with van der Waals surface area (Å²) in [5, 5.41) is 10.4. The predicted molar refractivity (Wildman–Crippen MR) is 66.1 cm³/mol. The molecule has 0 aliphatic heterocycles. The van der Waals surface area contributed by atoms with Crippen LogP contribution in [-0.4, -0.2) is 10.2 Å². The second-order valence-electron chi connectivity index (χ2n) is 4.41. The Kier molecular flexibility index (Phi) is 3.88. The highest BCUT2D eigenvalue weighted by Gasteiger charge is 2.41. The maximum atomic E-state index is 11.6. The number of para-hydroxylation sites is 1. The SMILES string of the molecule is CC(C)C(C)(C(=O)Cl)c1ccccc1[N+](=O)[O-]. The van der Waals surface area contributed by atoms with Gasteiger partial charge >= 0.3 is 0 Å². The molecule has 0 saturated carbocycles. The number of carbonyl (C=O) groups is 1. The number of rotatable bonds is 4.